The summed E-state index contributed by atoms with van der Waals surface area (Å²) < 4.78 is 86.8. The zero-order valence-electron chi connectivity index (χ0n) is 27.0. The predicted molar refractivity (Wildman–Crippen MR) is 169 cm³/mol. The molecular weight excluding hydrogens is 634 g/mol. The summed E-state index contributed by atoms with van der Waals surface area (Å²) in [6, 6.07) is 20.3. The molecule has 3 aromatic carbocycles. The van der Waals surface area contributed by atoms with Gasteiger partial charge in [-0.2, -0.15) is 26.3 Å². The lowest BCUT2D eigenvalue weighted by molar-refractivity contribution is -0.159. The summed E-state index contributed by atoms with van der Waals surface area (Å²) in [6.45, 7) is 4.91. The van der Waals surface area contributed by atoms with Crippen LogP contribution in [-0.4, -0.2) is 35.9 Å². The maximum absolute atomic E-state index is 13.6. The molecule has 1 amide bonds. The lowest BCUT2D eigenvalue weighted by atomic mass is 9.73. The van der Waals surface area contributed by atoms with Crippen molar-refractivity contribution >= 4 is 11.9 Å². The Morgan fingerprint density at radius 2 is 1.35 bits per heavy atom. The van der Waals surface area contributed by atoms with E-state index in [-0.39, 0.29) is 30.2 Å². The normalized spacial score (nSPS) is 22.5. The molecule has 0 bridgehead atoms. The third-order valence-electron chi connectivity index (χ3n) is 10.1. The van der Waals surface area contributed by atoms with Crippen LogP contribution in [0.15, 0.2) is 78.9 Å². The van der Waals surface area contributed by atoms with Crippen LogP contribution >= 0.6 is 0 Å². The van der Waals surface area contributed by atoms with Gasteiger partial charge in [-0.3, -0.25) is 9.59 Å². The fraction of sp³-hybridized carbons (Fsp3) is 0.459. The number of alkyl halides is 6. The molecule has 1 aliphatic heterocycles. The minimum Gasteiger partial charge on any atom is -0.460 e. The van der Waals surface area contributed by atoms with Crippen molar-refractivity contribution in [1.29, 1.82) is 0 Å². The average Bonchev–Trinajstić information content (AvgIpc) is 3.07. The van der Waals surface area contributed by atoms with Crippen LogP contribution in [0.1, 0.15) is 86.1 Å². The van der Waals surface area contributed by atoms with E-state index in [1.807, 2.05) is 67.6 Å². The third-order valence-corrected chi connectivity index (χ3v) is 10.1. The molecule has 3 aromatic rings. The van der Waals surface area contributed by atoms with Crippen molar-refractivity contribution in [3.8, 4) is 0 Å². The maximum atomic E-state index is 13.6. The molecule has 258 valence electrons. The summed E-state index contributed by atoms with van der Waals surface area (Å²) in [7, 11) is 0. The van der Waals surface area contributed by atoms with Gasteiger partial charge in [0.25, 0.3) is 0 Å². The highest BCUT2D eigenvalue weighted by Gasteiger charge is 2.44. The smallest absolute Gasteiger partial charge is 0.416 e. The van der Waals surface area contributed by atoms with E-state index in [0.717, 1.165) is 11.1 Å². The summed E-state index contributed by atoms with van der Waals surface area (Å²) in [6.07, 6.45) is -6.25. The quantitative estimate of drug-likeness (QED) is 0.192. The summed E-state index contributed by atoms with van der Waals surface area (Å²) in [4.78, 5) is 29.0. The van der Waals surface area contributed by atoms with Crippen LogP contribution in [0.2, 0.25) is 0 Å². The molecule has 5 rings (SSSR count). The lowest BCUT2D eigenvalue weighted by Crippen LogP contribution is -2.54. The number of hydrogen-bond donors (Lipinski definition) is 1. The molecule has 48 heavy (non-hydrogen) atoms. The number of benzene rings is 3. The van der Waals surface area contributed by atoms with E-state index >= 15 is 0 Å². The number of piperidine rings is 1. The summed E-state index contributed by atoms with van der Waals surface area (Å²) >= 11 is 0. The van der Waals surface area contributed by atoms with E-state index in [1.165, 1.54) is 6.92 Å². The molecule has 1 saturated heterocycles. The molecule has 1 unspecified atom stereocenters. The number of carbonyl (C=O) groups is 2. The molecule has 1 saturated carbocycles. The third kappa shape index (κ3) is 8.05. The van der Waals surface area contributed by atoms with Gasteiger partial charge in [0, 0.05) is 6.04 Å². The van der Waals surface area contributed by atoms with Gasteiger partial charge in [-0.05, 0) is 100 Å². The Kier molecular flexibility index (Phi) is 10.3. The van der Waals surface area contributed by atoms with Crippen LogP contribution in [0.25, 0.3) is 0 Å². The van der Waals surface area contributed by atoms with Crippen molar-refractivity contribution < 1.29 is 40.7 Å². The van der Waals surface area contributed by atoms with Crippen molar-refractivity contribution in [2.24, 2.45) is 5.41 Å². The van der Waals surface area contributed by atoms with Gasteiger partial charge in [-0.1, -0.05) is 60.7 Å². The number of nitrogens with zero attached hydrogens (tertiary/aromatic N) is 1. The Bertz CT molecular complexity index is 1530. The fourth-order valence-corrected chi connectivity index (χ4v) is 6.91. The Balaban J connectivity index is 1.26. The van der Waals surface area contributed by atoms with Crippen molar-refractivity contribution in [3.63, 3.8) is 0 Å². The minimum absolute atomic E-state index is 0.0672. The molecule has 1 heterocycles. The van der Waals surface area contributed by atoms with E-state index in [0.29, 0.717) is 63.7 Å². The average molecular weight is 675 g/mol. The highest BCUT2D eigenvalue weighted by atomic mass is 19.4. The van der Waals surface area contributed by atoms with Crippen molar-refractivity contribution in [1.82, 2.24) is 10.2 Å². The largest absolute Gasteiger partial charge is 0.460 e. The summed E-state index contributed by atoms with van der Waals surface area (Å²) in [5.74, 6) is -2.13. The van der Waals surface area contributed by atoms with E-state index in [9.17, 15) is 35.9 Å². The number of hydrogen-bond acceptors (Lipinski definition) is 4. The lowest BCUT2D eigenvalue weighted by Gasteiger charge is -2.47. The van der Waals surface area contributed by atoms with Crippen LogP contribution in [0.4, 0.5) is 26.3 Å². The Labute approximate surface area is 276 Å². The van der Waals surface area contributed by atoms with Gasteiger partial charge >= 0.3 is 18.3 Å². The first-order chi connectivity index (χ1) is 22.6. The fourth-order valence-electron chi connectivity index (χ4n) is 6.91. The van der Waals surface area contributed by atoms with Gasteiger partial charge in [-0.25, -0.2) is 0 Å². The minimum atomic E-state index is -5.01. The molecule has 0 radical (unpaired) electrons. The number of ether oxygens (including phenoxy) is 1. The van der Waals surface area contributed by atoms with E-state index in [1.54, 1.807) is 0 Å². The van der Waals surface area contributed by atoms with Crippen molar-refractivity contribution in [2.45, 2.75) is 88.8 Å². The number of rotatable bonds is 8. The van der Waals surface area contributed by atoms with E-state index in [2.05, 4.69) is 10.2 Å². The summed E-state index contributed by atoms with van der Waals surface area (Å²) in [5, 5.41) is 3.06. The van der Waals surface area contributed by atoms with Crippen LogP contribution in [0.5, 0.6) is 0 Å². The number of amides is 1. The SMILES string of the molecule is CC(C(=O)NC1(c2ccccc2)CCC(N2CCC(C)(C(=O)OCc3ccccc3)CC2)CC1)c1cc(C(F)(F)F)cc(C(F)(F)F)c1. The summed E-state index contributed by atoms with van der Waals surface area (Å²) in [5.41, 5.74) is -2.93. The first-order valence-corrected chi connectivity index (χ1v) is 16.2. The zero-order valence-corrected chi connectivity index (χ0v) is 27.0. The number of likely N-dealkylation sites (tertiary alicyclic amines) is 1. The Morgan fingerprint density at radius 1 is 0.833 bits per heavy atom. The second kappa shape index (κ2) is 13.9. The second-order valence-electron chi connectivity index (χ2n) is 13.4. The van der Waals surface area contributed by atoms with Gasteiger partial charge in [0.15, 0.2) is 0 Å². The molecule has 1 N–H and O–H groups in total. The topological polar surface area (TPSA) is 58.6 Å². The molecule has 0 spiro atoms. The van der Waals surface area contributed by atoms with Gasteiger partial charge < -0.3 is 15.0 Å². The molecule has 11 heteroatoms. The highest BCUT2D eigenvalue weighted by molar-refractivity contribution is 5.84. The molecule has 1 atom stereocenters. The van der Waals surface area contributed by atoms with Crippen LogP contribution in [-0.2, 0) is 38.8 Å². The van der Waals surface area contributed by atoms with E-state index < -0.39 is 46.3 Å². The van der Waals surface area contributed by atoms with Crippen LogP contribution in [0, 0.1) is 5.41 Å². The van der Waals surface area contributed by atoms with Crippen molar-refractivity contribution in [3.05, 3.63) is 107 Å². The molecule has 0 aromatic heterocycles. The van der Waals surface area contributed by atoms with Crippen LogP contribution < -0.4 is 5.32 Å². The monoisotopic (exact) mass is 674 g/mol. The van der Waals surface area contributed by atoms with Gasteiger partial charge in [0.2, 0.25) is 5.91 Å². The molecule has 2 aliphatic rings. The van der Waals surface area contributed by atoms with E-state index in [4.69, 9.17) is 4.74 Å². The van der Waals surface area contributed by atoms with Gasteiger partial charge in [0.1, 0.15) is 6.61 Å². The standard InChI is InChI=1S/C37H40F6N2O3/c1-25(27-21-29(36(38,39)40)23-30(22-27)37(41,42)43)32(46)44-35(28-11-7-4-8-12-28)15-13-31(14-16-35)45-19-17-34(2,18-20-45)33(47)48-24-26-9-5-3-6-10-26/h3-12,21-23,25,31H,13-20,24H2,1-2H3,(H,44,46). The highest BCUT2D eigenvalue weighted by Crippen LogP contribution is 2.43. The molecule has 5 nitrogen and oxygen atoms in total. The number of esters is 1. The van der Waals surface area contributed by atoms with Crippen molar-refractivity contribution in [2.75, 3.05) is 13.1 Å². The van der Waals surface area contributed by atoms with Gasteiger partial charge in [-0.15, -0.1) is 0 Å². The Morgan fingerprint density at radius 3 is 1.88 bits per heavy atom. The number of nitrogens with one attached hydrogen (secondary N) is 1. The number of carbonyl (C=O) groups excluding carboxylic acids is 2. The molecular formula is C37H40F6N2O3. The first-order valence-electron chi connectivity index (χ1n) is 16.2. The second-order valence-corrected chi connectivity index (χ2v) is 13.4. The van der Waals surface area contributed by atoms with Crippen LogP contribution in [0.3, 0.4) is 0 Å². The van der Waals surface area contributed by atoms with Gasteiger partial charge in [0.05, 0.1) is 28.0 Å². The predicted octanol–water partition coefficient (Wildman–Crippen LogP) is 8.63. The zero-order chi connectivity index (χ0) is 34.7. The molecule has 2 fully saturated rings. The maximum Gasteiger partial charge on any atom is 0.416 e. The number of halogens is 6. The Hall–Kier alpha value is -3.86. The first kappa shape index (κ1) is 35.4. The molecule has 1 aliphatic carbocycles.